The Bertz CT molecular complexity index is 108. The number of rotatable bonds is 7. The van der Waals surface area contributed by atoms with Gasteiger partial charge in [0.2, 0.25) is 0 Å². The summed E-state index contributed by atoms with van der Waals surface area (Å²) in [5, 5.41) is 3.13. The van der Waals surface area contributed by atoms with Gasteiger partial charge in [-0.15, -0.1) is 0 Å². The van der Waals surface area contributed by atoms with Gasteiger partial charge in [0.1, 0.15) is 0 Å². The van der Waals surface area contributed by atoms with Crippen molar-refractivity contribution in [2.45, 2.75) is 39.5 Å². The number of unbranched alkanes of at least 4 members (excludes halogenated alkanes) is 1. The van der Waals surface area contributed by atoms with Gasteiger partial charge in [-0.05, 0) is 32.4 Å². The summed E-state index contributed by atoms with van der Waals surface area (Å²) in [6, 6.07) is 0. The highest BCUT2D eigenvalue weighted by Gasteiger charge is 1.93. The first kappa shape index (κ1) is 11.7. The predicted octanol–water partition coefficient (Wildman–Crippen LogP) is 2.98. The molecule has 0 aliphatic carbocycles. The molecule has 0 spiro atoms. The van der Waals surface area contributed by atoms with Crippen LogP contribution in [0, 0.1) is 5.92 Å². The lowest BCUT2D eigenvalue weighted by Gasteiger charge is -2.03. The van der Waals surface area contributed by atoms with Crippen LogP contribution in [-0.2, 0) is 0 Å². The fourth-order valence-electron chi connectivity index (χ4n) is 1.18. The van der Waals surface area contributed by atoms with Crippen LogP contribution in [0.4, 0.5) is 0 Å². The molecule has 0 aromatic rings. The van der Waals surface area contributed by atoms with Gasteiger partial charge in [0.05, 0.1) is 0 Å². The average Bonchev–Trinajstić information content (AvgIpc) is 2.09. The molecule has 1 N–H and O–H groups in total. The number of allylic oxidation sites excluding steroid dienone is 1. The van der Waals surface area contributed by atoms with Gasteiger partial charge in [0, 0.05) is 0 Å². The van der Waals surface area contributed by atoms with Gasteiger partial charge in [0.25, 0.3) is 0 Å². The molecule has 1 nitrogen and oxygen atoms in total. The molecule has 0 saturated heterocycles. The summed E-state index contributed by atoms with van der Waals surface area (Å²) in [6.45, 7) is 5.64. The Morgan fingerprint density at radius 2 is 2.17 bits per heavy atom. The number of hydrogen-bond donors (Lipinski definition) is 1. The SMILES string of the molecule is CCCCC(C)/C=C/CCNC. The van der Waals surface area contributed by atoms with E-state index in [1.54, 1.807) is 0 Å². The average molecular weight is 169 g/mol. The minimum Gasteiger partial charge on any atom is -0.319 e. The molecule has 0 bridgehead atoms. The van der Waals surface area contributed by atoms with E-state index < -0.39 is 0 Å². The van der Waals surface area contributed by atoms with Crippen LogP contribution in [0.5, 0.6) is 0 Å². The molecule has 0 aromatic carbocycles. The Labute approximate surface area is 77.2 Å². The van der Waals surface area contributed by atoms with Gasteiger partial charge in [-0.25, -0.2) is 0 Å². The fourth-order valence-corrected chi connectivity index (χ4v) is 1.18. The zero-order valence-electron chi connectivity index (χ0n) is 8.77. The van der Waals surface area contributed by atoms with Crippen molar-refractivity contribution in [3.8, 4) is 0 Å². The van der Waals surface area contributed by atoms with Crippen molar-refractivity contribution >= 4 is 0 Å². The lowest BCUT2D eigenvalue weighted by molar-refractivity contribution is 0.596. The molecule has 0 saturated carbocycles. The standard InChI is InChI=1S/C11H23N/c1-4-5-8-11(2)9-6-7-10-12-3/h6,9,11-12H,4-5,7-8,10H2,1-3H3/b9-6+. The van der Waals surface area contributed by atoms with Gasteiger partial charge < -0.3 is 5.32 Å². The third-order valence-electron chi connectivity index (χ3n) is 2.04. The first-order chi connectivity index (χ1) is 5.81. The van der Waals surface area contributed by atoms with E-state index in [0.717, 1.165) is 18.9 Å². The topological polar surface area (TPSA) is 12.0 Å². The van der Waals surface area contributed by atoms with Crippen molar-refractivity contribution < 1.29 is 0 Å². The van der Waals surface area contributed by atoms with Crippen LogP contribution in [-0.4, -0.2) is 13.6 Å². The minimum absolute atomic E-state index is 0.766. The van der Waals surface area contributed by atoms with Crippen molar-refractivity contribution in [1.29, 1.82) is 0 Å². The third-order valence-corrected chi connectivity index (χ3v) is 2.04. The zero-order valence-corrected chi connectivity index (χ0v) is 8.77. The molecular formula is C11H23N. The molecule has 1 heteroatoms. The Balaban J connectivity index is 3.27. The van der Waals surface area contributed by atoms with Crippen LogP contribution in [0.25, 0.3) is 0 Å². The van der Waals surface area contributed by atoms with E-state index in [1.165, 1.54) is 19.3 Å². The maximum Gasteiger partial charge on any atom is -0.00173 e. The quantitative estimate of drug-likeness (QED) is 0.456. The van der Waals surface area contributed by atoms with Crippen molar-refractivity contribution in [3.05, 3.63) is 12.2 Å². The lowest BCUT2D eigenvalue weighted by atomic mass is 10.0. The maximum atomic E-state index is 3.13. The smallest absolute Gasteiger partial charge is 0.00173 e. The predicted molar refractivity (Wildman–Crippen MR) is 56.4 cm³/mol. The summed E-state index contributed by atoms with van der Waals surface area (Å²) < 4.78 is 0. The largest absolute Gasteiger partial charge is 0.319 e. The van der Waals surface area contributed by atoms with Crippen LogP contribution >= 0.6 is 0 Å². The van der Waals surface area contributed by atoms with E-state index in [2.05, 4.69) is 31.3 Å². The van der Waals surface area contributed by atoms with Gasteiger partial charge in [-0.1, -0.05) is 38.8 Å². The van der Waals surface area contributed by atoms with Crippen LogP contribution in [0.15, 0.2) is 12.2 Å². The molecule has 0 aliphatic rings. The van der Waals surface area contributed by atoms with E-state index in [1.807, 2.05) is 7.05 Å². The molecule has 72 valence electrons. The molecule has 1 unspecified atom stereocenters. The Morgan fingerprint density at radius 3 is 2.75 bits per heavy atom. The van der Waals surface area contributed by atoms with E-state index in [9.17, 15) is 0 Å². The molecule has 12 heavy (non-hydrogen) atoms. The summed E-state index contributed by atoms with van der Waals surface area (Å²) in [5.74, 6) is 0.766. The highest BCUT2D eigenvalue weighted by atomic mass is 14.8. The fraction of sp³-hybridized carbons (Fsp3) is 0.818. The second kappa shape index (κ2) is 8.79. The molecule has 1 atom stereocenters. The Morgan fingerprint density at radius 1 is 1.42 bits per heavy atom. The van der Waals surface area contributed by atoms with Crippen molar-refractivity contribution in [2.75, 3.05) is 13.6 Å². The molecule has 0 amide bonds. The summed E-state index contributed by atoms with van der Waals surface area (Å²) in [5.41, 5.74) is 0. The van der Waals surface area contributed by atoms with E-state index >= 15 is 0 Å². The zero-order chi connectivity index (χ0) is 9.23. The van der Waals surface area contributed by atoms with E-state index in [-0.39, 0.29) is 0 Å². The summed E-state index contributed by atoms with van der Waals surface area (Å²) >= 11 is 0. The lowest BCUT2D eigenvalue weighted by Crippen LogP contribution is -2.05. The Kier molecular flexibility index (Phi) is 8.57. The van der Waals surface area contributed by atoms with Crippen LogP contribution < -0.4 is 5.32 Å². The third kappa shape index (κ3) is 7.80. The monoisotopic (exact) mass is 169 g/mol. The van der Waals surface area contributed by atoms with Crippen LogP contribution in [0.3, 0.4) is 0 Å². The number of hydrogen-bond acceptors (Lipinski definition) is 1. The molecular weight excluding hydrogens is 146 g/mol. The maximum absolute atomic E-state index is 3.13. The molecule has 0 rings (SSSR count). The van der Waals surface area contributed by atoms with Gasteiger partial charge >= 0.3 is 0 Å². The van der Waals surface area contributed by atoms with Crippen LogP contribution in [0.1, 0.15) is 39.5 Å². The van der Waals surface area contributed by atoms with Crippen LogP contribution in [0.2, 0.25) is 0 Å². The molecule has 0 aromatic heterocycles. The molecule has 0 fully saturated rings. The molecule has 0 radical (unpaired) electrons. The van der Waals surface area contributed by atoms with Gasteiger partial charge in [-0.3, -0.25) is 0 Å². The normalized spacial score (nSPS) is 13.9. The first-order valence-corrected chi connectivity index (χ1v) is 5.12. The van der Waals surface area contributed by atoms with Crippen molar-refractivity contribution in [1.82, 2.24) is 5.32 Å². The summed E-state index contributed by atoms with van der Waals surface area (Å²) in [6.07, 6.45) is 9.80. The highest BCUT2D eigenvalue weighted by Crippen LogP contribution is 2.08. The van der Waals surface area contributed by atoms with Gasteiger partial charge in [-0.2, -0.15) is 0 Å². The van der Waals surface area contributed by atoms with Crippen molar-refractivity contribution in [3.63, 3.8) is 0 Å². The highest BCUT2D eigenvalue weighted by molar-refractivity contribution is 4.86. The van der Waals surface area contributed by atoms with Crippen molar-refractivity contribution in [2.24, 2.45) is 5.92 Å². The molecule has 0 heterocycles. The minimum atomic E-state index is 0.766. The second-order valence-corrected chi connectivity index (χ2v) is 3.44. The van der Waals surface area contributed by atoms with Gasteiger partial charge in [0.15, 0.2) is 0 Å². The Hall–Kier alpha value is -0.300. The summed E-state index contributed by atoms with van der Waals surface area (Å²) in [7, 11) is 1.99. The molecule has 0 aliphatic heterocycles. The van der Waals surface area contributed by atoms with E-state index in [0.29, 0.717) is 0 Å². The number of nitrogens with one attached hydrogen (secondary N) is 1. The second-order valence-electron chi connectivity index (χ2n) is 3.44. The first-order valence-electron chi connectivity index (χ1n) is 5.12. The van der Waals surface area contributed by atoms with E-state index in [4.69, 9.17) is 0 Å². The summed E-state index contributed by atoms with van der Waals surface area (Å²) in [4.78, 5) is 0.